The molecule has 0 aliphatic rings. The van der Waals surface area contributed by atoms with Crippen LogP contribution in [0.15, 0.2) is 65.9 Å². The van der Waals surface area contributed by atoms with Gasteiger partial charge in [0, 0.05) is 17.1 Å². The molecular weight excluding hydrogens is 234 g/mol. The Morgan fingerprint density at radius 1 is 0.947 bits per heavy atom. The average Bonchev–Trinajstić information content (AvgIpc) is 2.48. The molecule has 19 heavy (non-hydrogen) atoms. The zero-order valence-corrected chi connectivity index (χ0v) is 10.3. The van der Waals surface area contributed by atoms with Gasteiger partial charge in [-0.05, 0) is 23.3 Å². The number of rotatable bonds is 2. The topological polar surface area (TPSA) is 51.3 Å². The average molecular weight is 247 g/mol. The fourth-order valence-electron chi connectivity index (χ4n) is 2.08. The Bertz CT molecular complexity index is 730. The Hall–Kier alpha value is -2.68. The second-order valence-corrected chi connectivity index (χ2v) is 4.32. The van der Waals surface area contributed by atoms with Crippen LogP contribution in [0.3, 0.4) is 0 Å². The fraction of sp³-hybridized carbons (Fsp3) is 0. The SMILES string of the molecule is NN=Cc1ccc(-c2cnc3ccccc3c2)cc1. The van der Waals surface area contributed by atoms with E-state index in [0.29, 0.717) is 0 Å². The van der Waals surface area contributed by atoms with Gasteiger partial charge in [0.15, 0.2) is 0 Å². The van der Waals surface area contributed by atoms with Gasteiger partial charge in [-0.1, -0.05) is 42.5 Å². The lowest BCUT2D eigenvalue weighted by molar-refractivity contribution is 1.26. The lowest BCUT2D eigenvalue weighted by atomic mass is 10.0. The highest BCUT2D eigenvalue weighted by Crippen LogP contribution is 2.22. The molecule has 92 valence electrons. The van der Waals surface area contributed by atoms with Gasteiger partial charge in [-0.3, -0.25) is 4.98 Å². The standard InChI is InChI=1S/C16H13N3/c17-19-10-12-5-7-13(8-6-12)15-9-14-3-1-2-4-16(14)18-11-15/h1-11H,17H2. The maximum Gasteiger partial charge on any atom is 0.0702 e. The first kappa shape index (κ1) is 11.4. The van der Waals surface area contributed by atoms with E-state index in [0.717, 1.165) is 27.6 Å². The maximum atomic E-state index is 5.13. The minimum absolute atomic E-state index is 0.986. The highest BCUT2D eigenvalue weighted by atomic mass is 15.1. The number of fused-ring (bicyclic) bond motifs is 1. The predicted molar refractivity (Wildman–Crippen MR) is 79.0 cm³/mol. The van der Waals surface area contributed by atoms with E-state index in [9.17, 15) is 0 Å². The van der Waals surface area contributed by atoms with Gasteiger partial charge in [-0.2, -0.15) is 5.10 Å². The zero-order chi connectivity index (χ0) is 13.1. The van der Waals surface area contributed by atoms with E-state index in [-0.39, 0.29) is 0 Å². The quantitative estimate of drug-likeness (QED) is 0.429. The largest absolute Gasteiger partial charge is 0.323 e. The summed E-state index contributed by atoms with van der Waals surface area (Å²) in [4.78, 5) is 4.47. The smallest absolute Gasteiger partial charge is 0.0702 e. The molecule has 0 spiro atoms. The molecule has 0 saturated carbocycles. The number of benzene rings is 2. The van der Waals surface area contributed by atoms with Crippen LogP contribution in [0.25, 0.3) is 22.0 Å². The third-order valence-corrected chi connectivity index (χ3v) is 3.06. The number of hydrogen-bond acceptors (Lipinski definition) is 3. The van der Waals surface area contributed by atoms with Gasteiger partial charge in [0.2, 0.25) is 0 Å². The molecule has 3 heteroatoms. The number of pyridine rings is 1. The number of hydrazone groups is 1. The number of aromatic nitrogens is 1. The Kier molecular flexibility index (Phi) is 2.94. The van der Waals surface area contributed by atoms with Crippen molar-refractivity contribution >= 4 is 17.1 Å². The van der Waals surface area contributed by atoms with Crippen molar-refractivity contribution in [2.75, 3.05) is 0 Å². The summed E-state index contributed by atoms with van der Waals surface area (Å²) in [5, 5.41) is 4.66. The molecule has 1 aromatic heterocycles. The summed E-state index contributed by atoms with van der Waals surface area (Å²) >= 11 is 0. The monoisotopic (exact) mass is 247 g/mol. The van der Waals surface area contributed by atoms with Gasteiger partial charge in [-0.25, -0.2) is 0 Å². The summed E-state index contributed by atoms with van der Waals surface area (Å²) in [5.74, 6) is 5.13. The fourth-order valence-corrected chi connectivity index (χ4v) is 2.08. The molecule has 3 aromatic rings. The zero-order valence-electron chi connectivity index (χ0n) is 10.3. The van der Waals surface area contributed by atoms with E-state index in [1.54, 1.807) is 6.21 Å². The molecule has 3 rings (SSSR count). The van der Waals surface area contributed by atoms with Crippen molar-refractivity contribution in [3.8, 4) is 11.1 Å². The Balaban J connectivity index is 2.03. The third kappa shape index (κ3) is 2.31. The van der Waals surface area contributed by atoms with Crippen LogP contribution >= 0.6 is 0 Å². The van der Waals surface area contributed by atoms with E-state index in [1.807, 2.05) is 48.7 Å². The molecule has 0 aliphatic carbocycles. The van der Waals surface area contributed by atoms with Crippen molar-refractivity contribution in [1.29, 1.82) is 0 Å². The van der Waals surface area contributed by atoms with Crippen molar-refractivity contribution < 1.29 is 0 Å². The summed E-state index contributed by atoms with van der Waals surface area (Å²) in [6.07, 6.45) is 3.52. The predicted octanol–water partition coefficient (Wildman–Crippen LogP) is 3.19. The Morgan fingerprint density at radius 2 is 1.74 bits per heavy atom. The van der Waals surface area contributed by atoms with Crippen molar-refractivity contribution in [3.05, 3.63) is 66.4 Å². The molecule has 0 radical (unpaired) electrons. The molecule has 0 unspecified atom stereocenters. The number of nitrogens with two attached hydrogens (primary N) is 1. The minimum Gasteiger partial charge on any atom is -0.323 e. The second-order valence-electron chi connectivity index (χ2n) is 4.32. The first-order chi connectivity index (χ1) is 9.36. The molecule has 2 aromatic carbocycles. The molecule has 0 saturated heterocycles. The summed E-state index contributed by atoms with van der Waals surface area (Å²) in [7, 11) is 0. The van der Waals surface area contributed by atoms with Crippen molar-refractivity contribution in [2.45, 2.75) is 0 Å². The van der Waals surface area contributed by atoms with Gasteiger partial charge < -0.3 is 5.84 Å². The molecule has 0 amide bonds. The number of hydrogen-bond donors (Lipinski definition) is 1. The van der Waals surface area contributed by atoms with Crippen LogP contribution < -0.4 is 5.84 Å². The van der Waals surface area contributed by atoms with Crippen LogP contribution in [-0.2, 0) is 0 Å². The molecule has 3 nitrogen and oxygen atoms in total. The highest BCUT2D eigenvalue weighted by Gasteiger charge is 2.00. The maximum absolute atomic E-state index is 5.13. The van der Waals surface area contributed by atoms with Crippen LogP contribution in [0.5, 0.6) is 0 Å². The Morgan fingerprint density at radius 3 is 2.53 bits per heavy atom. The molecule has 0 atom stereocenters. The lowest BCUT2D eigenvalue weighted by Crippen LogP contribution is -1.87. The van der Waals surface area contributed by atoms with Crippen LogP contribution in [0, 0.1) is 0 Å². The van der Waals surface area contributed by atoms with Crippen LogP contribution in [0.2, 0.25) is 0 Å². The first-order valence-corrected chi connectivity index (χ1v) is 6.05. The van der Waals surface area contributed by atoms with Gasteiger partial charge in [0.05, 0.1) is 11.7 Å². The van der Waals surface area contributed by atoms with Gasteiger partial charge >= 0.3 is 0 Å². The van der Waals surface area contributed by atoms with E-state index in [2.05, 4.69) is 22.2 Å². The van der Waals surface area contributed by atoms with Gasteiger partial charge in [0.1, 0.15) is 0 Å². The van der Waals surface area contributed by atoms with Crippen LogP contribution in [0.1, 0.15) is 5.56 Å². The van der Waals surface area contributed by atoms with Gasteiger partial charge in [-0.15, -0.1) is 0 Å². The van der Waals surface area contributed by atoms with E-state index in [4.69, 9.17) is 5.84 Å². The van der Waals surface area contributed by atoms with Gasteiger partial charge in [0.25, 0.3) is 0 Å². The van der Waals surface area contributed by atoms with Crippen LogP contribution in [-0.4, -0.2) is 11.2 Å². The molecule has 2 N–H and O–H groups in total. The molecule has 1 heterocycles. The third-order valence-electron chi connectivity index (χ3n) is 3.06. The highest BCUT2D eigenvalue weighted by molar-refractivity contribution is 5.84. The summed E-state index contributed by atoms with van der Waals surface area (Å²) < 4.78 is 0. The summed E-state index contributed by atoms with van der Waals surface area (Å²) in [6, 6.07) is 18.3. The number of nitrogens with zero attached hydrogens (tertiary/aromatic N) is 2. The second kappa shape index (κ2) is 4.90. The van der Waals surface area contributed by atoms with Crippen molar-refractivity contribution in [1.82, 2.24) is 4.98 Å². The van der Waals surface area contributed by atoms with Crippen LogP contribution in [0.4, 0.5) is 0 Å². The molecule has 0 aliphatic heterocycles. The Labute approximate surface area is 111 Å². The molecule has 0 bridgehead atoms. The molecule has 0 fully saturated rings. The molecular formula is C16H13N3. The minimum atomic E-state index is 0.986. The van der Waals surface area contributed by atoms with Crippen molar-refractivity contribution in [2.24, 2.45) is 10.9 Å². The lowest BCUT2D eigenvalue weighted by Gasteiger charge is -2.04. The van der Waals surface area contributed by atoms with E-state index >= 15 is 0 Å². The number of para-hydroxylation sites is 1. The summed E-state index contributed by atoms with van der Waals surface area (Å²) in [6.45, 7) is 0. The normalized spacial score (nSPS) is 11.2. The van der Waals surface area contributed by atoms with E-state index in [1.165, 1.54) is 0 Å². The van der Waals surface area contributed by atoms with E-state index < -0.39 is 0 Å². The first-order valence-electron chi connectivity index (χ1n) is 6.05. The summed E-state index contributed by atoms with van der Waals surface area (Å²) in [5.41, 5.74) is 4.24. The van der Waals surface area contributed by atoms with Crippen molar-refractivity contribution in [3.63, 3.8) is 0 Å².